The molecule has 3 amide bonds. The number of anilines is 2. The second-order valence-electron chi connectivity index (χ2n) is 9.85. The van der Waals surface area contributed by atoms with Gasteiger partial charge in [-0.05, 0) is 66.6 Å². The Balaban J connectivity index is 1.37. The minimum absolute atomic E-state index is 0.0523. The van der Waals surface area contributed by atoms with E-state index < -0.39 is 17.1 Å². The normalized spacial score (nSPS) is 11.7. The number of hydrogen-bond donors (Lipinski definition) is 3. The molecule has 45 heavy (non-hydrogen) atoms. The van der Waals surface area contributed by atoms with Gasteiger partial charge in [-0.15, -0.1) is 11.8 Å². The van der Waals surface area contributed by atoms with Gasteiger partial charge in [0.2, 0.25) is 5.91 Å². The van der Waals surface area contributed by atoms with Crippen LogP contribution in [-0.4, -0.2) is 30.0 Å². The molecular formula is C35H30N4O5S. The maximum atomic E-state index is 13.6. The topological polar surface area (TPSA) is 123 Å². The zero-order valence-corrected chi connectivity index (χ0v) is 25.3. The lowest BCUT2D eigenvalue weighted by Crippen LogP contribution is -2.30. The molecule has 1 atom stereocenters. The van der Waals surface area contributed by atoms with Gasteiger partial charge in [-0.2, -0.15) is 0 Å². The van der Waals surface area contributed by atoms with Crippen LogP contribution in [0.1, 0.15) is 32.5 Å². The van der Waals surface area contributed by atoms with Crippen LogP contribution in [0, 0.1) is 6.92 Å². The van der Waals surface area contributed by atoms with Crippen LogP contribution >= 0.6 is 11.8 Å². The first kappa shape index (κ1) is 30.8. The van der Waals surface area contributed by atoms with Crippen LogP contribution in [0.3, 0.4) is 0 Å². The molecule has 0 radical (unpaired) electrons. The molecule has 0 fully saturated rings. The van der Waals surface area contributed by atoms with E-state index in [2.05, 4.69) is 21.1 Å². The molecule has 0 aliphatic carbocycles. The summed E-state index contributed by atoms with van der Waals surface area (Å²) < 4.78 is 10.3. The first-order valence-electron chi connectivity index (χ1n) is 14.0. The molecule has 226 valence electrons. The van der Waals surface area contributed by atoms with E-state index in [9.17, 15) is 14.4 Å². The third-order valence-electron chi connectivity index (χ3n) is 6.52. The number of nitrogens with one attached hydrogen (secondary N) is 3. The summed E-state index contributed by atoms with van der Waals surface area (Å²) in [5.41, 5.74) is 2.44. The highest BCUT2D eigenvalue weighted by molar-refractivity contribution is 8.00. The number of carbonyl (C=O) groups is 3. The molecule has 3 N–H and O–H groups in total. The Hall–Kier alpha value is -5.61. The highest BCUT2D eigenvalue weighted by Gasteiger charge is 2.24. The number of aryl methyl sites for hydroxylation is 1. The number of carbonyl (C=O) groups excluding carboxylic acids is 3. The van der Waals surface area contributed by atoms with Crippen molar-refractivity contribution in [2.45, 2.75) is 17.1 Å². The quantitative estimate of drug-likeness (QED) is 0.109. The van der Waals surface area contributed by atoms with E-state index in [4.69, 9.17) is 9.26 Å². The van der Waals surface area contributed by atoms with Gasteiger partial charge in [-0.25, -0.2) is 0 Å². The van der Waals surface area contributed by atoms with E-state index in [-0.39, 0.29) is 11.6 Å². The second-order valence-corrected chi connectivity index (χ2v) is 11.0. The molecule has 0 bridgehead atoms. The minimum atomic E-state index is -0.621. The predicted molar refractivity (Wildman–Crippen MR) is 175 cm³/mol. The van der Waals surface area contributed by atoms with Gasteiger partial charge in [-0.3, -0.25) is 14.4 Å². The number of benzene rings is 4. The number of thioether (sulfide) groups is 1. The number of hydrogen-bond acceptors (Lipinski definition) is 7. The molecule has 9 nitrogen and oxygen atoms in total. The average molecular weight is 619 g/mol. The van der Waals surface area contributed by atoms with E-state index in [0.717, 1.165) is 10.5 Å². The number of nitrogens with zero attached hydrogens (tertiary/aromatic N) is 1. The Morgan fingerprint density at radius 3 is 2.22 bits per heavy atom. The number of aromatic nitrogens is 1. The van der Waals surface area contributed by atoms with Gasteiger partial charge in [0.05, 0.1) is 7.11 Å². The predicted octanol–water partition coefficient (Wildman–Crippen LogP) is 6.87. The fraction of sp³-hybridized carbons (Fsp3) is 0.0857. The van der Waals surface area contributed by atoms with E-state index in [1.165, 1.54) is 11.8 Å². The molecule has 0 saturated heterocycles. The van der Waals surface area contributed by atoms with Crippen LogP contribution in [0.4, 0.5) is 11.5 Å². The summed E-state index contributed by atoms with van der Waals surface area (Å²) in [5, 5.41) is 11.7. The van der Waals surface area contributed by atoms with Gasteiger partial charge in [0.15, 0.2) is 5.82 Å². The molecule has 0 spiro atoms. The molecule has 0 aliphatic heterocycles. The van der Waals surface area contributed by atoms with Crippen molar-refractivity contribution in [2.24, 2.45) is 0 Å². The zero-order valence-electron chi connectivity index (χ0n) is 24.5. The minimum Gasteiger partial charge on any atom is -0.497 e. The number of amides is 3. The molecule has 1 heterocycles. The fourth-order valence-electron chi connectivity index (χ4n) is 4.31. The number of ether oxygens (including phenoxy) is 1. The van der Waals surface area contributed by atoms with Crippen LogP contribution in [0.2, 0.25) is 0 Å². The Morgan fingerprint density at radius 1 is 0.844 bits per heavy atom. The molecule has 1 aromatic heterocycles. The van der Waals surface area contributed by atoms with E-state index in [1.807, 2.05) is 42.5 Å². The second kappa shape index (κ2) is 14.7. The summed E-state index contributed by atoms with van der Waals surface area (Å²) in [5.74, 6) is 0.360. The summed E-state index contributed by atoms with van der Waals surface area (Å²) in [6.45, 7) is 1.75. The van der Waals surface area contributed by atoms with E-state index >= 15 is 0 Å². The van der Waals surface area contributed by atoms with Gasteiger partial charge in [-0.1, -0.05) is 71.9 Å². The first-order valence-corrected chi connectivity index (χ1v) is 14.9. The smallest absolute Gasteiger partial charge is 0.272 e. The van der Waals surface area contributed by atoms with E-state index in [1.54, 1.807) is 92.9 Å². The van der Waals surface area contributed by atoms with Crippen LogP contribution < -0.4 is 20.7 Å². The zero-order chi connectivity index (χ0) is 31.6. The van der Waals surface area contributed by atoms with Crippen molar-refractivity contribution >= 4 is 47.1 Å². The summed E-state index contributed by atoms with van der Waals surface area (Å²) in [4.78, 5) is 40.7. The third kappa shape index (κ3) is 8.49. The fourth-order valence-corrected chi connectivity index (χ4v) is 5.39. The van der Waals surface area contributed by atoms with Crippen molar-refractivity contribution in [1.82, 2.24) is 10.5 Å². The SMILES string of the molecule is COc1ccc(/C=C(/NC(=O)c2ccccc2)C(=O)Nc2cccc(SC(C(=O)Nc3cc(C)on3)c3ccccc3)c2)cc1. The van der Waals surface area contributed by atoms with Crippen LogP contribution in [0.15, 0.2) is 130 Å². The largest absolute Gasteiger partial charge is 0.497 e. The number of methoxy groups -OCH3 is 1. The molecule has 0 saturated carbocycles. The molecular weight excluding hydrogens is 588 g/mol. The van der Waals surface area contributed by atoms with Crippen LogP contribution in [0.5, 0.6) is 5.75 Å². The molecule has 5 rings (SSSR count). The molecule has 5 aromatic rings. The van der Waals surface area contributed by atoms with E-state index in [0.29, 0.717) is 34.1 Å². The summed E-state index contributed by atoms with van der Waals surface area (Å²) in [7, 11) is 1.57. The molecule has 1 unspecified atom stereocenters. The Labute approximate surface area is 264 Å². The molecule has 0 aliphatic rings. The number of rotatable bonds is 11. The monoisotopic (exact) mass is 618 g/mol. The van der Waals surface area contributed by atoms with Crippen molar-refractivity contribution in [3.8, 4) is 5.75 Å². The first-order chi connectivity index (χ1) is 21.9. The highest BCUT2D eigenvalue weighted by atomic mass is 32.2. The van der Waals surface area contributed by atoms with Gasteiger partial charge < -0.3 is 25.2 Å². The maximum Gasteiger partial charge on any atom is 0.272 e. The summed E-state index contributed by atoms with van der Waals surface area (Å²) in [6, 6.07) is 33.9. The Morgan fingerprint density at radius 2 is 1.56 bits per heavy atom. The van der Waals surface area contributed by atoms with Crippen molar-refractivity contribution in [1.29, 1.82) is 0 Å². The average Bonchev–Trinajstić information content (AvgIpc) is 3.48. The Bertz CT molecular complexity index is 1810. The van der Waals surface area contributed by atoms with Crippen LogP contribution in [0.25, 0.3) is 6.08 Å². The van der Waals surface area contributed by atoms with Gasteiger partial charge >= 0.3 is 0 Å². The van der Waals surface area contributed by atoms with Gasteiger partial charge in [0.1, 0.15) is 22.5 Å². The lowest BCUT2D eigenvalue weighted by Gasteiger charge is -2.17. The highest BCUT2D eigenvalue weighted by Crippen LogP contribution is 2.37. The standard InChI is InChI=1S/C35H30N4O5S/c1-23-20-31(39-44-23)38-35(42)32(25-10-5-3-6-11-25)45-29-15-9-14-27(22-29)36-34(41)30(21-24-16-18-28(43-2)19-17-24)37-33(40)26-12-7-4-8-13-26/h3-22,32H,1-2H3,(H,36,41)(H,37,40)(H,38,39,42)/b30-21+. The lowest BCUT2D eigenvalue weighted by atomic mass is 10.1. The summed E-state index contributed by atoms with van der Waals surface area (Å²) in [6.07, 6.45) is 1.59. The molecule has 4 aromatic carbocycles. The maximum absolute atomic E-state index is 13.6. The van der Waals surface area contributed by atoms with Crippen molar-refractivity contribution in [3.05, 3.63) is 143 Å². The van der Waals surface area contributed by atoms with Crippen molar-refractivity contribution in [3.63, 3.8) is 0 Å². The van der Waals surface area contributed by atoms with Crippen molar-refractivity contribution < 1.29 is 23.6 Å². The molecule has 10 heteroatoms. The lowest BCUT2D eigenvalue weighted by molar-refractivity contribution is -0.116. The van der Waals surface area contributed by atoms with Crippen molar-refractivity contribution in [2.75, 3.05) is 17.7 Å². The summed E-state index contributed by atoms with van der Waals surface area (Å²) >= 11 is 1.32. The van der Waals surface area contributed by atoms with Crippen LogP contribution in [-0.2, 0) is 9.59 Å². The Kier molecular flexibility index (Phi) is 10.1. The van der Waals surface area contributed by atoms with Gasteiger partial charge in [0, 0.05) is 22.2 Å². The van der Waals surface area contributed by atoms with Gasteiger partial charge in [0.25, 0.3) is 11.8 Å². The third-order valence-corrected chi connectivity index (χ3v) is 7.77.